The number of hydrogen-bond donors (Lipinski definition) is 0. The standard InChI is InChI=1S/C18H14ClFN4O2/c1-23-9-16(20)22-18(23)12-4-2-11(3-5-12)8-24-13-6-15(19)21-7-14(13)26-10-17(24)25/h2-7,9H,8,10H2,1H3. The Morgan fingerprint density at radius 1 is 1.31 bits per heavy atom. The number of aryl methyl sites for hydroxylation is 1. The Morgan fingerprint density at radius 2 is 2.08 bits per heavy atom. The minimum absolute atomic E-state index is 0.0407. The van der Waals surface area contributed by atoms with Gasteiger partial charge >= 0.3 is 0 Å². The number of imidazole rings is 1. The largest absolute Gasteiger partial charge is 0.480 e. The third-order valence-corrected chi connectivity index (χ3v) is 4.36. The number of anilines is 1. The number of benzene rings is 1. The van der Waals surface area contributed by atoms with Gasteiger partial charge in [-0.2, -0.15) is 4.39 Å². The van der Waals surface area contributed by atoms with Gasteiger partial charge in [-0.1, -0.05) is 35.9 Å². The Balaban J connectivity index is 1.61. The van der Waals surface area contributed by atoms with Crippen LogP contribution >= 0.6 is 11.6 Å². The fourth-order valence-electron chi connectivity index (χ4n) is 2.89. The summed E-state index contributed by atoms with van der Waals surface area (Å²) in [6.45, 7) is 0.325. The summed E-state index contributed by atoms with van der Waals surface area (Å²) in [5.74, 6) is 0.386. The normalized spacial score (nSPS) is 13.5. The van der Waals surface area contributed by atoms with Crippen molar-refractivity contribution in [3.05, 3.63) is 59.4 Å². The average molecular weight is 373 g/mol. The van der Waals surface area contributed by atoms with E-state index in [0.29, 0.717) is 29.0 Å². The van der Waals surface area contributed by atoms with Gasteiger partial charge in [-0.3, -0.25) is 4.79 Å². The van der Waals surface area contributed by atoms with E-state index < -0.39 is 5.95 Å². The summed E-state index contributed by atoms with van der Waals surface area (Å²) < 4.78 is 20.3. The molecule has 0 bridgehead atoms. The van der Waals surface area contributed by atoms with Crippen LogP contribution in [-0.2, 0) is 18.4 Å². The summed E-state index contributed by atoms with van der Waals surface area (Å²) in [4.78, 5) is 21.8. The predicted molar refractivity (Wildman–Crippen MR) is 94.5 cm³/mol. The van der Waals surface area contributed by atoms with Gasteiger partial charge in [0.2, 0.25) is 5.95 Å². The van der Waals surface area contributed by atoms with Crippen molar-refractivity contribution in [3.63, 3.8) is 0 Å². The number of amides is 1. The first-order valence-corrected chi connectivity index (χ1v) is 8.26. The number of carbonyl (C=O) groups is 1. The zero-order chi connectivity index (χ0) is 18.3. The summed E-state index contributed by atoms with van der Waals surface area (Å²) in [6.07, 6.45) is 2.83. The van der Waals surface area contributed by atoms with E-state index >= 15 is 0 Å². The lowest BCUT2D eigenvalue weighted by molar-refractivity contribution is -0.121. The molecule has 0 fully saturated rings. The van der Waals surface area contributed by atoms with Crippen molar-refractivity contribution in [1.29, 1.82) is 0 Å². The molecule has 2 aromatic heterocycles. The highest BCUT2D eigenvalue weighted by atomic mass is 35.5. The molecule has 0 saturated carbocycles. The molecule has 0 aliphatic carbocycles. The Labute approximate surface area is 153 Å². The van der Waals surface area contributed by atoms with Crippen LogP contribution in [0.5, 0.6) is 5.75 Å². The number of nitrogens with zero attached hydrogens (tertiary/aromatic N) is 4. The van der Waals surface area contributed by atoms with Gasteiger partial charge in [0.25, 0.3) is 5.91 Å². The van der Waals surface area contributed by atoms with Crippen molar-refractivity contribution in [1.82, 2.24) is 14.5 Å². The highest BCUT2D eigenvalue weighted by Gasteiger charge is 2.26. The van der Waals surface area contributed by atoms with Crippen LogP contribution in [0.3, 0.4) is 0 Å². The first kappa shape index (κ1) is 16.5. The van der Waals surface area contributed by atoms with Crippen molar-refractivity contribution in [2.75, 3.05) is 11.5 Å². The first-order chi connectivity index (χ1) is 12.5. The minimum atomic E-state index is -0.521. The smallest absolute Gasteiger partial charge is 0.265 e. The summed E-state index contributed by atoms with van der Waals surface area (Å²) >= 11 is 5.95. The monoisotopic (exact) mass is 372 g/mol. The van der Waals surface area contributed by atoms with E-state index in [-0.39, 0.29) is 12.5 Å². The van der Waals surface area contributed by atoms with E-state index in [4.69, 9.17) is 16.3 Å². The van der Waals surface area contributed by atoms with Gasteiger partial charge in [0.05, 0.1) is 24.6 Å². The minimum Gasteiger partial charge on any atom is -0.480 e. The van der Waals surface area contributed by atoms with E-state index in [2.05, 4.69) is 9.97 Å². The van der Waals surface area contributed by atoms with E-state index in [1.54, 1.807) is 22.6 Å². The average Bonchev–Trinajstić information content (AvgIpc) is 2.96. The first-order valence-electron chi connectivity index (χ1n) is 7.88. The van der Waals surface area contributed by atoms with Gasteiger partial charge in [0.15, 0.2) is 12.4 Å². The SMILES string of the molecule is Cn1cc(F)nc1-c1ccc(CN2C(=O)COc3cnc(Cl)cc32)cc1. The van der Waals surface area contributed by atoms with Crippen LogP contribution in [0, 0.1) is 5.95 Å². The molecular weight excluding hydrogens is 359 g/mol. The van der Waals surface area contributed by atoms with Crippen LogP contribution < -0.4 is 9.64 Å². The Morgan fingerprint density at radius 3 is 2.77 bits per heavy atom. The van der Waals surface area contributed by atoms with Gasteiger partial charge in [0, 0.05) is 18.7 Å². The molecule has 0 radical (unpaired) electrons. The lowest BCUT2D eigenvalue weighted by Gasteiger charge is -2.29. The van der Waals surface area contributed by atoms with Crippen LogP contribution in [-0.4, -0.2) is 27.0 Å². The fourth-order valence-corrected chi connectivity index (χ4v) is 3.05. The van der Waals surface area contributed by atoms with Gasteiger partial charge < -0.3 is 14.2 Å². The van der Waals surface area contributed by atoms with Crippen LogP contribution in [0.4, 0.5) is 10.1 Å². The fraction of sp³-hybridized carbons (Fsp3) is 0.167. The topological polar surface area (TPSA) is 60.2 Å². The lowest BCUT2D eigenvalue weighted by Crippen LogP contribution is -2.38. The quantitative estimate of drug-likeness (QED) is 0.662. The highest BCUT2D eigenvalue weighted by molar-refractivity contribution is 6.29. The maximum Gasteiger partial charge on any atom is 0.265 e. The number of rotatable bonds is 3. The summed E-state index contributed by atoms with van der Waals surface area (Å²) in [5.41, 5.74) is 2.30. The Hall–Kier alpha value is -2.93. The number of pyridine rings is 1. The molecule has 1 aliphatic heterocycles. The highest BCUT2D eigenvalue weighted by Crippen LogP contribution is 2.34. The number of ether oxygens (including phenoxy) is 1. The van der Waals surface area contributed by atoms with E-state index in [9.17, 15) is 9.18 Å². The Kier molecular flexibility index (Phi) is 4.08. The number of hydrogen-bond acceptors (Lipinski definition) is 4. The maximum atomic E-state index is 13.3. The number of aromatic nitrogens is 3. The lowest BCUT2D eigenvalue weighted by atomic mass is 10.1. The third-order valence-electron chi connectivity index (χ3n) is 4.16. The molecule has 0 spiro atoms. The van der Waals surface area contributed by atoms with Crippen LogP contribution in [0.15, 0.2) is 42.7 Å². The van der Waals surface area contributed by atoms with Gasteiger partial charge in [-0.05, 0) is 5.56 Å². The molecular formula is C18H14ClFN4O2. The van der Waals surface area contributed by atoms with E-state index in [0.717, 1.165) is 11.1 Å². The summed E-state index contributed by atoms with van der Waals surface area (Å²) in [6, 6.07) is 9.07. The Bertz CT molecular complexity index is 987. The summed E-state index contributed by atoms with van der Waals surface area (Å²) in [7, 11) is 1.74. The van der Waals surface area contributed by atoms with Crippen molar-refractivity contribution >= 4 is 23.2 Å². The predicted octanol–water partition coefficient (Wildman–Crippen LogP) is 3.20. The molecule has 0 saturated heterocycles. The number of halogens is 2. The van der Waals surface area contributed by atoms with Gasteiger partial charge in [-0.25, -0.2) is 9.97 Å². The van der Waals surface area contributed by atoms with Crippen LogP contribution in [0.2, 0.25) is 5.15 Å². The molecule has 1 aliphatic rings. The molecule has 26 heavy (non-hydrogen) atoms. The van der Waals surface area contributed by atoms with Crippen molar-refractivity contribution in [3.8, 4) is 17.1 Å². The van der Waals surface area contributed by atoms with Crippen LogP contribution in [0.1, 0.15) is 5.56 Å². The second kappa shape index (κ2) is 6.42. The molecule has 6 nitrogen and oxygen atoms in total. The number of carbonyl (C=O) groups excluding carboxylic acids is 1. The zero-order valence-electron chi connectivity index (χ0n) is 13.8. The molecule has 0 unspecified atom stereocenters. The molecule has 132 valence electrons. The molecule has 3 aromatic rings. The zero-order valence-corrected chi connectivity index (χ0v) is 14.6. The van der Waals surface area contributed by atoms with Crippen LogP contribution in [0.25, 0.3) is 11.4 Å². The molecule has 3 heterocycles. The molecule has 0 atom stereocenters. The molecule has 0 N–H and O–H groups in total. The molecule has 8 heteroatoms. The van der Waals surface area contributed by atoms with Crippen molar-refractivity contribution in [2.45, 2.75) is 6.54 Å². The molecule has 1 aromatic carbocycles. The second-order valence-corrected chi connectivity index (χ2v) is 6.33. The van der Waals surface area contributed by atoms with E-state index in [1.807, 2.05) is 24.3 Å². The molecule has 4 rings (SSSR count). The van der Waals surface area contributed by atoms with E-state index in [1.165, 1.54) is 12.4 Å². The second-order valence-electron chi connectivity index (χ2n) is 5.94. The van der Waals surface area contributed by atoms with Gasteiger partial charge in [-0.15, -0.1) is 0 Å². The van der Waals surface area contributed by atoms with Gasteiger partial charge in [0.1, 0.15) is 11.0 Å². The molecule has 1 amide bonds. The maximum absolute atomic E-state index is 13.3. The third kappa shape index (κ3) is 3.01. The number of fused-ring (bicyclic) bond motifs is 1. The van der Waals surface area contributed by atoms with Crippen molar-refractivity contribution < 1.29 is 13.9 Å². The summed E-state index contributed by atoms with van der Waals surface area (Å²) in [5, 5.41) is 0.291. The van der Waals surface area contributed by atoms with Crippen molar-refractivity contribution in [2.24, 2.45) is 7.05 Å².